The lowest BCUT2D eigenvalue weighted by atomic mass is 9.96. The highest BCUT2D eigenvalue weighted by atomic mass is 79.9. The van der Waals surface area contributed by atoms with Gasteiger partial charge in [0.25, 0.3) is 0 Å². The second kappa shape index (κ2) is 7.26. The van der Waals surface area contributed by atoms with Gasteiger partial charge in [-0.1, -0.05) is 35.0 Å². The van der Waals surface area contributed by atoms with Crippen molar-refractivity contribution in [1.82, 2.24) is 5.32 Å². The summed E-state index contributed by atoms with van der Waals surface area (Å²) in [5, 5.41) is 3.29. The molecule has 0 aliphatic carbocycles. The van der Waals surface area contributed by atoms with Gasteiger partial charge in [-0.15, -0.1) is 0 Å². The van der Waals surface area contributed by atoms with E-state index in [2.05, 4.69) is 28.2 Å². The van der Waals surface area contributed by atoms with Gasteiger partial charge in [-0.3, -0.25) is 0 Å². The number of halogens is 1. The minimum absolute atomic E-state index is 0.235. The van der Waals surface area contributed by atoms with Gasteiger partial charge in [0.1, 0.15) is 9.84 Å². The van der Waals surface area contributed by atoms with E-state index in [1.54, 1.807) is 0 Å². The highest BCUT2D eigenvalue weighted by molar-refractivity contribution is 9.10. The quantitative estimate of drug-likeness (QED) is 0.834. The predicted molar refractivity (Wildman–Crippen MR) is 79.8 cm³/mol. The van der Waals surface area contributed by atoms with Gasteiger partial charge in [0.05, 0.1) is 5.75 Å². The van der Waals surface area contributed by atoms with Crippen molar-refractivity contribution >= 4 is 25.8 Å². The Hall–Kier alpha value is -0.390. The van der Waals surface area contributed by atoms with Crippen molar-refractivity contribution in [2.45, 2.75) is 19.3 Å². The molecule has 0 bridgehead atoms. The zero-order valence-corrected chi connectivity index (χ0v) is 13.2. The molecule has 0 spiro atoms. The van der Waals surface area contributed by atoms with Crippen LogP contribution in [0.5, 0.6) is 0 Å². The van der Waals surface area contributed by atoms with Crippen molar-refractivity contribution in [3.05, 3.63) is 34.3 Å². The summed E-state index contributed by atoms with van der Waals surface area (Å²) in [7, 11) is -2.90. The fraction of sp³-hybridized carbons (Fsp3) is 0.538. The standard InChI is InChI=1S/C13H20BrNO2S/c1-3-15-10-12(8-9-18(2,16)17)11-4-6-13(14)7-5-11/h4-7,12,15H,3,8-10H2,1-2H3. The molecule has 3 nitrogen and oxygen atoms in total. The van der Waals surface area contributed by atoms with Crippen molar-refractivity contribution in [3.8, 4) is 0 Å². The lowest BCUT2D eigenvalue weighted by Gasteiger charge is -2.17. The number of hydrogen-bond acceptors (Lipinski definition) is 3. The fourth-order valence-corrected chi connectivity index (χ4v) is 2.77. The van der Waals surface area contributed by atoms with Gasteiger partial charge in [0.2, 0.25) is 0 Å². The van der Waals surface area contributed by atoms with Gasteiger partial charge in [-0.2, -0.15) is 0 Å². The summed E-state index contributed by atoms with van der Waals surface area (Å²) in [4.78, 5) is 0. The molecule has 0 amide bonds. The third-order valence-corrected chi connectivity index (χ3v) is 4.33. The average Bonchev–Trinajstić information content (AvgIpc) is 2.29. The van der Waals surface area contributed by atoms with E-state index in [0.717, 1.165) is 17.6 Å². The van der Waals surface area contributed by atoms with Gasteiger partial charge >= 0.3 is 0 Å². The molecule has 1 aromatic rings. The third kappa shape index (κ3) is 5.98. The number of sulfone groups is 1. The van der Waals surface area contributed by atoms with E-state index >= 15 is 0 Å². The van der Waals surface area contributed by atoms with Crippen molar-refractivity contribution in [1.29, 1.82) is 0 Å². The molecular weight excluding hydrogens is 314 g/mol. The SMILES string of the molecule is CCNCC(CCS(C)(=O)=O)c1ccc(Br)cc1. The third-order valence-electron chi connectivity index (χ3n) is 2.82. The first kappa shape index (κ1) is 15.7. The summed E-state index contributed by atoms with van der Waals surface area (Å²) >= 11 is 3.41. The highest BCUT2D eigenvalue weighted by Crippen LogP contribution is 2.22. The van der Waals surface area contributed by atoms with Crippen LogP contribution in [-0.2, 0) is 9.84 Å². The Morgan fingerprint density at radius 1 is 1.28 bits per heavy atom. The number of hydrogen-bond donors (Lipinski definition) is 1. The summed E-state index contributed by atoms with van der Waals surface area (Å²) < 4.78 is 23.6. The van der Waals surface area contributed by atoms with Crippen LogP contribution in [0.3, 0.4) is 0 Å². The van der Waals surface area contributed by atoms with E-state index in [0.29, 0.717) is 6.42 Å². The molecule has 1 atom stereocenters. The van der Waals surface area contributed by atoms with Gasteiger partial charge < -0.3 is 5.32 Å². The first-order valence-electron chi connectivity index (χ1n) is 6.06. The molecular formula is C13H20BrNO2S. The van der Waals surface area contributed by atoms with Crippen LogP contribution in [0.1, 0.15) is 24.8 Å². The van der Waals surface area contributed by atoms with E-state index in [1.165, 1.54) is 11.8 Å². The van der Waals surface area contributed by atoms with Crippen molar-refractivity contribution in [2.24, 2.45) is 0 Å². The normalized spacial score (nSPS) is 13.5. The van der Waals surface area contributed by atoms with E-state index < -0.39 is 9.84 Å². The largest absolute Gasteiger partial charge is 0.316 e. The Morgan fingerprint density at radius 2 is 1.89 bits per heavy atom. The molecule has 0 saturated carbocycles. The van der Waals surface area contributed by atoms with Crippen LogP contribution in [0.2, 0.25) is 0 Å². The monoisotopic (exact) mass is 333 g/mol. The van der Waals surface area contributed by atoms with Crippen LogP contribution >= 0.6 is 15.9 Å². The molecule has 0 saturated heterocycles. The van der Waals surface area contributed by atoms with Gasteiger partial charge in [0, 0.05) is 17.3 Å². The molecule has 0 radical (unpaired) electrons. The summed E-state index contributed by atoms with van der Waals surface area (Å²) in [5.41, 5.74) is 1.18. The predicted octanol–water partition coefficient (Wildman–Crippen LogP) is 2.58. The molecule has 0 aliphatic rings. The second-order valence-corrected chi connectivity index (χ2v) is 7.65. The number of likely N-dealkylation sites (N-methyl/N-ethyl adjacent to an activating group) is 1. The van der Waals surface area contributed by atoms with E-state index in [4.69, 9.17) is 0 Å². The van der Waals surface area contributed by atoms with E-state index in [-0.39, 0.29) is 11.7 Å². The van der Waals surface area contributed by atoms with E-state index in [9.17, 15) is 8.42 Å². The summed E-state index contributed by atoms with van der Waals surface area (Å²) in [6, 6.07) is 8.09. The van der Waals surface area contributed by atoms with Gasteiger partial charge in [-0.05, 0) is 36.6 Å². The Balaban J connectivity index is 2.74. The first-order chi connectivity index (χ1) is 8.42. The molecule has 1 N–H and O–H groups in total. The van der Waals surface area contributed by atoms with Crippen LogP contribution in [0.4, 0.5) is 0 Å². The first-order valence-corrected chi connectivity index (χ1v) is 8.91. The maximum absolute atomic E-state index is 11.3. The maximum atomic E-state index is 11.3. The molecule has 1 rings (SSSR count). The lowest BCUT2D eigenvalue weighted by Crippen LogP contribution is -2.23. The minimum atomic E-state index is -2.90. The summed E-state index contributed by atoms with van der Waals surface area (Å²) in [5.74, 6) is 0.479. The fourth-order valence-electron chi connectivity index (χ4n) is 1.80. The maximum Gasteiger partial charge on any atom is 0.147 e. The zero-order valence-electron chi connectivity index (χ0n) is 10.8. The molecule has 0 fully saturated rings. The van der Waals surface area contributed by atoms with Gasteiger partial charge in [-0.25, -0.2) is 8.42 Å². The molecule has 0 aromatic heterocycles. The van der Waals surface area contributed by atoms with Gasteiger partial charge in [0.15, 0.2) is 0 Å². The molecule has 18 heavy (non-hydrogen) atoms. The molecule has 1 aromatic carbocycles. The van der Waals surface area contributed by atoms with Crippen LogP contribution < -0.4 is 5.32 Å². The Labute approximate surface area is 118 Å². The number of rotatable bonds is 7. The van der Waals surface area contributed by atoms with Crippen LogP contribution in [0, 0.1) is 0 Å². The molecule has 0 aliphatic heterocycles. The van der Waals surface area contributed by atoms with Crippen LogP contribution in [0.15, 0.2) is 28.7 Å². The smallest absolute Gasteiger partial charge is 0.147 e. The second-order valence-electron chi connectivity index (χ2n) is 4.47. The van der Waals surface area contributed by atoms with Crippen molar-refractivity contribution < 1.29 is 8.42 Å². The summed E-state index contributed by atoms with van der Waals surface area (Å²) in [6.07, 6.45) is 1.95. The zero-order chi connectivity index (χ0) is 13.6. The Morgan fingerprint density at radius 3 is 2.39 bits per heavy atom. The van der Waals surface area contributed by atoms with Crippen molar-refractivity contribution in [2.75, 3.05) is 25.1 Å². The summed E-state index contributed by atoms with van der Waals surface area (Å²) in [6.45, 7) is 3.76. The molecule has 0 heterocycles. The highest BCUT2D eigenvalue weighted by Gasteiger charge is 2.14. The Bertz CT molecular complexity index is 456. The van der Waals surface area contributed by atoms with Crippen LogP contribution in [-0.4, -0.2) is 33.5 Å². The van der Waals surface area contributed by atoms with Crippen LogP contribution in [0.25, 0.3) is 0 Å². The van der Waals surface area contributed by atoms with E-state index in [1.807, 2.05) is 24.3 Å². The topological polar surface area (TPSA) is 46.2 Å². The minimum Gasteiger partial charge on any atom is -0.316 e. The lowest BCUT2D eigenvalue weighted by molar-refractivity contribution is 0.566. The average molecular weight is 334 g/mol. The number of benzene rings is 1. The van der Waals surface area contributed by atoms with Crippen molar-refractivity contribution in [3.63, 3.8) is 0 Å². The molecule has 102 valence electrons. The molecule has 5 heteroatoms. The molecule has 1 unspecified atom stereocenters. The Kier molecular flexibility index (Phi) is 6.32. The number of nitrogens with one attached hydrogen (secondary N) is 1.